The molecule has 3 rings (SSSR count). The normalized spacial score (nSPS) is 18.8. The molecule has 1 aliphatic heterocycles. The highest BCUT2D eigenvalue weighted by atomic mass is 19.1. The van der Waals surface area contributed by atoms with Crippen LogP contribution in [0.4, 0.5) is 9.18 Å². The van der Waals surface area contributed by atoms with Gasteiger partial charge in [-0.05, 0) is 35.8 Å². The molecule has 2 N–H and O–H groups in total. The van der Waals surface area contributed by atoms with Gasteiger partial charge in [-0.1, -0.05) is 43.3 Å². The summed E-state index contributed by atoms with van der Waals surface area (Å²) in [6, 6.07) is 12.3. The highest BCUT2D eigenvalue weighted by molar-refractivity contribution is 6.09. The summed E-state index contributed by atoms with van der Waals surface area (Å²) in [6.45, 7) is 1.77. The molecule has 0 aliphatic carbocycles. The van der Waals surface area contributed by atoms with Crippen molar-refractivity contribution < 1.29 is 23.5 Å². The number of urea groups is 1. The Labute approximate surface area is 167 Å². The Bertz CT molecular complexity index is 977. The first-order valence-corrected chi connectivity index (χ1v) is 8.95. The summed E-state index contributed by atoms with van der Waals surface area (Å²) in [5.74, 6) is -1.76. The van der Waals surface area contributed by atoms with Crippen molar-refractivity contribution in [2.24, 2.45) is 0 Å². The van der Waals surface area contributed by atoms with Crippen LogP contribution in [-0.2, 0) is 15.1 Å². The number of hydrogen-bond donors (Lipinski definition) is 2. The molecule has 1 aliphatic rings. The topological polar surface area (TPSA) is 87.7 Å². The van der Waals surface area contributed by atoms with E-state index < -0.39 is 29.2 Å². The van der Waals surface area contributed by atoms with Gasteiger partial charge in [0.15, 0.2) is 11.6 Å². The zero-order valence-electron chi connectivity index (χ0n) is 15.9. The van der Waals surface area contributed by atoms with E-state index in [0.29, 0.717) is 22.6 Å². The predicted molar refractivity (Wildman–Crippen MR) is 104 cm³/mol. The first-order valence-electron chi connectivity index (χ1n) is 8.95. The second kappa shape index (κ2) is 8.14. The van der Waals surface area contributed by atoms with Crippen LogP contribution in [0.2, 0.25) is 0 Å². The van der Waals surface area contributed by atoms with Crippen molar-refractivity contribution in [1.82, 2.24) is 15.8 Å². The smallest absolute Gasteiger partial charge is 0.344 e. The van der Waals surface area contributed by atoms with E-state index in [9.17, 15) is 18.8 Å². The Morgan fingerprint density at radius 2 is 1.97 bits per heavy atom. The number of halogens is 1. The van der Waals surface area contributed by atoms with Crippen molar-refractivity contribution in [2.45, 2.75) is 18.9 Å². The molecule has 1 saturated heterocycles. The monoisotopic (exact) mass is 397 g/mol. The molecule has 1 heterocycles. The van der Waals surface area contributed by atoms with E-state index in [2.05, 4.69) is 10.7 Å². The van der Waals surface area contributed by atoms with Gasteiger partial charge < -0.3 is 10.1 Å². The van der Waals surface area contributed by atoms with Gasteiger partial charge in [0.25, 0.3) is 11.8 Å². The number of benzene rings is 2. The molecular weight excluding hydrogens is 377 g/mol. The highest BCUT2D eigenvalue weighted by Gasteiger charge is 2.52. The van der Waals surface area contributed by atoms with Crippen molar-refractivity contribution in [3.63, 3.8) is 0 Å². The molecule has 0 aromatic heterocycles. The number of carbonyl (C=O) groups excluding carboxylic acids is 3. The van der Waals surface area contributed by atoms with Crippen molar-refractivity contribution >= 4 is 23.9 Å². The van der Waals surface area contributed by atoms with Gasteiger partial charge in [0, 0.05) is 6.08 Å². The first kappa shape index (κ1) is 20.1. The van der Waals surface area contributed by atoms with E-state index in [0.717, 1.165) is 6.08 Å². The van der Waals surface area contributed by atoms with E-state index in [1.165, 1.54) is 25.3 Å². The van der Waals surface area contributed by atoms with Crippen molar-refractivity contribution in [2.75, 3.05) is 7.11 Å². The molecule has 4 amide bonds. The van der Waals surface area contributed by atoms with Crippen molar-refractivity contribution in [3.8, 4) is 5.75 Å². The Kier molecular flexibility index (Phi) is 5.63. The van der Waals surface area contributed by atoms with E-state index in [4.69, 9.17) is 4.74 Å². The molecule has 29 heavy (non-hydrogen) atoms. The second-order valence-electron chi connectivity index (χ2n) is 6.40. The van der Waals surface area contributed by atoms with Crippen LogP contribution in [0.5, 0.6) is 5.75 Å². The minimum atomic E-state index is -1.24. The van der Waals surface area contributed by atoms with Gasteiger partial charge >= 0.3 is 6.03 Å². The van der Waals surface area contributed by atoms with Gasteiger partial charge in [-0.3, -0.25) is 15.0 Å². The number of carbonyl (C=O) groups is 3. The minimum absolute atomic E-state index is 0.0859. The summed E-state index contributed by atoms with van der Waals surface area (Å²) < 4.78 is 18.6. The van der Waals surface area contributed by atoms with Crippen LogP contribution in [0.1, 0.15) is 24.5 Å². The maximum Gasteiger partial charge on any atom is 0.344 e. The van der Waals surface area contributed by atoms with Crippen LogP contribution in [0.15, 0.2) is 54.6 Å². The molecule has 150 valence electrons. The fourth-order valence-corrected chi connectivity index (χ4v) is 3.14. The molecule has 7 nitrogen and oxygen atoms in total. The fourth-order valence-electron chi connectivity index (χ4n) is 3.14. The lowest BCUT2D eigenvalue weighted by Crippen LogP contribution is -2.48. The minimum Gasteiger partial charge on any atom is -0.494 e. The standard InChI is InChI=1S/C21H20FN3O4/c1-3-21(15-7-5-4-6-8-15)19(27)25(20(28)23-21)24-18(26)12-10-14-9-11-17(29-2)16(22)13-14/h4-13H,3H2,1-2H3,(H,23,28)(H,24,26)/b12-10+/t21-/m1/s1. The van der Waals surface area contributed by atoms with Gasteiger partial charge in [-0.25, -0.2) is 9.18 Å². The third-order valence-electron chi connectivity index (χ3n) is 4.71. The highest BCUT2D eigenvalue weighted by Crippen LogP contribution is 2.31. The summed E-state index contributed by atoms with van der Waals surface area (Å²) in [4.78, 5) is 37.5. The van der Waals surface area contributed by atoms with E-state index in [-0.39, 0.29) is 5.75 Å². The molecule has 0 spiro atoms. The quantitative estimate of drug-likeness (QED) is 0.580. The second-order valence-corrected chi connectivity index (χ2v) is 6.40. The average Bonchev–Trinajstić information content (AvgIpc) is 2.98. The Balaban J connectivity index is 1.74. The largest absolute Gasteiger partial charge is 0.494 e. The summed E-state index contributed by atoms with van der Waals surface area (Å²) in [6.07, 6.45) is 2.78. The summed E-state index contributed by atoms with van der Waals surface area (Å²) in [5.41, 5.74) is 2.08. The van der Waals surface area contributed by atoms with Gasteiger partial charge in [-0.15, -0.1) is 0 Å². The number of methoxy groups -OCH3 is 1. The summed E-state index contributed by atoms with van der Waals surface area (Å²) in [7, 11) is 1.35. The summed E-state index contributed by atoms with van der Waals surface area (Å²) >= 11 is 0. The number of nitrogens with zero attached hydrogens (tertiary/aromatic N) is 1. The first-order chi connectivity index (χ1) is 13.9. The molecule has 0 unspecified atom stereocenters. The van der Waals surface area contributed by atoms with Crippen LogP contribution >= 0.6 is 0 Å². The van der Waals surface area contributed by atoms with Crippen LogP contribution in [0.25, 0.3) is 6.08 Å². The van der Waals surface area contributed by atoms with E-state index >= 15 is 0 Å². The van der Waals surface area contributed by atoms with Gasteiger partial charge in [0.1, 0.15) is 5.54 Å². The maximum atomic E-state index is 13.7. The average molecular weight is 397 g/mol. The molecule has 0 saturated carbocycles. The number of hydrogen-bond acceptors (Lipinski definition) is 4. The van der Waals surface area contributed by atoms with Crippen molar-refractivity contribution in [1.29, 1.82) is 0 Å². The molecule has 1 fully saturated rings. The number of rotatable bonds is 6. The number of imide groups is 1. The third kappa shape index (κ3) is 3.82. The Morgan fingerprint density at radius 1 is 1.24 bits per heavy atom. The lowest BCUT2D eigenvalue weighted by atomic mass is 9.87. The third-order valence-corrected chi connectivity index (χ3v) is 4.71. The number of ether oxygens (including phenoxy) is 1. The predicted octanol–water partition coefficient (Wildman–Crippen LogP) is 2.74. The van der Waals surface area contributed by atoms with Crippen LogP contribution in [0.3, 0.4) is 0 Å². The summed E-state index contributed by atoms with van der Waals surface area (Å²) in [5, 5.41) is 3.33. The number of hydrazine groups is 1. The molecule has 2 aromatic carbocycles. The Morgan fingerprint density at radius 3 is 2.59 bits per heavy atom. The number of nitrogens with one attached hydrogen (secondary N) is 2. The molecule has 2 aromatic rings. The molecule has 1 atom stereocenters. The SMILES string of the molecule is CC[C@]1(c2ccccc2)NC(=O)N(NC(=O)/C=C/c2ccc(OC)c(F)c2)C1=O. The van der Waals surface area contributed by atoms with Gasteiger partial charge in [0.2, 0.25) is 0 Å². The zero-order valence-corrected chi connectivity index (χ0v) is 15.9. The van der Waals surface area contributed by atoms with Crippen molar-refractivity contribution in [3.05, 3.63) is 71.6 Å². The molecule has 0 bridgehead atoms. The van der Waals surface area contributed by atoms with Gasteiger partial charge in [-0.2, -0.15) is 5.01 Å². The lowest BCUT2D eigenvalue weighted by Gasteiger charge is -2.25. The van der Waals surface area contributed by atoms with E-state index in [1.807, 2.05) is 0 Å². The maximum absolute atomic E-state index is 13.7. The number of amides is 4. The van der Waals surface area contributed by atoms with Crippen LogP contribution in [-0.4, -0.2) is 30.0 Å². The lowest BCUT2D eigenvalue weighted by molar-refractivity contribution is -0.138. The zero-order chi connectivity index (χ0) is 21.0. The Hall–Kier alpha value is -3.68. The molecule has 0 radical (unpaired) electrons. The van der Waals surface area contributed by atoms with E-state index in [1.54, 1.807) is 43.3 Å². The van der Waals surface area contributed by atoms with Crippen LogP contribution < -0.4 is 15.5 Å². The van der Waals surface area contributed by atoms with Gasteiger partial charge in [0.05, 0.1) is 7.11 Å². The van der Waals surface area contributed by atoms with Crippen LogP contribution in [0, 0.1) is 5.82 Å². The fraction of sp³-hybridized carbons (Fsp3) is 0.190. The molecular formula is C21H20FN3O4. The molecule has 8 heteroatoms.